The topological polar surface area (TPSA) is 53.3 Å². The van der Waals surface area contributed by atoms with Crippen molar-refractivity contribution in [2.24, 2.45) is 0 Å². The Labute approximate surface area is 99.5 Å². The lowest BCUT2D eigenvalue weighted by molar-refractivity contribution is -0.257. The Morgan fingerprint density at radius 2 is 1.67 bits per heavy atom. The molecule has 0 atom stereocenters. The molecule has 3 nitrogen and oxygen atoms in total. The van der Waals surface area contributed by atoms with Crippen LogP contribution in [-0.2, 0) is 6.18 Å². The van der Waals surface area contributed by atoms with Crippen LogP contribution in [0.3, 0.4) is 0 Å². The molecule has 1 aromatic carbocycles. The number of aromatic carboxylic acids is 1. The number of hydrogen-bond donors (Lipinski definition) is 0. The van der Waals surface area contributed by atoms with Crippen molar-refractivity contribution in [2.75, 3.05) is 0 Å². The van der Waals surface area contributed by atoms with Crippen molar-refractivity contribution in [1.82, 2.24) is 0 Å². The molecule has 0 radical (unpaired) electrons. The fourth-order valence-electron chi connectivity index (χ4n) is 1.43. The van der Waals surface area contributed by atoms with Gasteiger partial charge >= 0.3 is 6.18 Å². The van der Waals surface area contributed by atoms with Gasteiger partial charge in [-0.05, 0) is 24.3 Å². The highest BCUT2D eigenvalue weighted by atomic mass is 19.4. The van der Waals surface area contributed by atoms with Crippen molar-refractivity contribution in [3.8, 4) is 11.3 Å². The van der Waals surface area contributed by atoms with E-state index in [9.17, 15) is 23.1 Å². The van der Waals surface area contributed by atoms with Crippen LogP contribution < -0.4 is 5.11 Å². The summed E-state index contributed by atoms with van der Waals surface area (Å²) in [5.74, 6) is -1.68. The summed E-state index contributed by atoms with van der Waals surface area (Å²) in [4.78, 5) is 10.5. The molecule has 0 aliphatic heterocycles. The first kappa shape index (κ1) is 12.2. The van der Waals surface area contributed by atoms with Crippen LogP contribution in [0.5, 0.6) is 0 Å². The molecule has 1 aromatic heterocycles. The maximum Gasteiger partial charge on any atom is 0.416 e. The van der Waals surface area contributed by atoms with E-state index < -0.39 is 17.7 Å². The SMILES string of the molecule is O=C([O-])c1ccc(-c2ccc(C(F)(F)F)cc2)o1. The van der Waals surface area contributed by atoms with Gasteiger partial charge in [-0.3, -0.25) is 0 Å². The van der Waals surface area contributed by atoms with Crippen molar-refractivity contribution in [3.63, 3.8) is 0 Å². The second-order valence-electron chi connectivity index (χ2n) is 3.53. The minimum absolute atomic E-state index is 0.169. The largest absolute Gasteiger partial charge is 0.542 e. The van der Waals surface area contributed by atoms with Crippen LogP contribution in [0.4, 0.5) is 13.2 Å². The molecule has 0 saturated heterocycles. The standard InChI is InChI=1S/C12H7F3O3/c13-12(14,15)8-3-1-7(2-4-8)9-5-6-10(18-9)11(16)17/h1-6H,(H,16,17)/p-1. The number of benzene rings is 1. The van der Waals surface area contributed by atoms with Gasteiger partial charge in [0.05, 0.1) is 5.56 Å². The molecule has 0 N–H and O–H groups in total. The van der Waals surface area contributed by atoms with Crippen LogP contribution in [-0.4, -0.2) is 5.97 Å². The summed E-state index contributed by atoms with van der Waals surface area (Å²) in [6.07, 6.45) is -4.40. The number of hydrogen-bond acceptors (Lipinski definition) is 3. The van der Waals surface area contributed by atoms with Gasteiger partial charge in [0, 0.05) is 5.56 Å². The molecule has 18 heavy (non-hydrogen) atoms. The zero-order valence-corrected chi connectivity index (χ0v) is 8.82. The third kappa shape index (κ3) is 2.37. The van der Waals surface area contributed by atoms with Crippen molar-refractivity contribution in [3.05, 3.63) is 47.7 Å². The van der Waals surface area contributed by atoms with Crippen LogP contribution in [0, 0.1) is 0 Å². The third-order valence-electron chi connectivity index (χ3n) is 2.30. The fourth-order valence-corrected chi connectivity index (χ4v) is 1.43. The van der Waals surface area contributed by atoms with Gasteiger partial charge in [-0.15, -0.1) is 0 Å². The van der Waals surface area contributed by atoms with Gasteiger partial charge in [0.15, 0.2) is 0 Å². The number of rotatable bonds is 2. The molecule has 94 valence electrons. The molecule has 6 heteroatoms. The summed E-state index contributed by atoms with van der Waals surface area (Å²) in [6, 6.07) is 6.75. The number of halogens is 3. The van der Waals surface area contributed by atoms with Gasteiger partial charge in [0.25, 0.3) is 0 Å². The number of carboxylic acid groups (broad SMARTS) is 1. The van der Waals surface area contributed by atoms with Gasteiger partial charge in [-0.25, -0.2) is 0 Å². The molecule has 0 unspecified atom stereocenters. The minimum Gasteiger partial charge on any atom is -0.542 e. The van der Waals surface area contributed by atoms with Gasteiger partial charge in [0.2, 0.25) is 0 Å². The Hall–Kier alpha value is -2.24. The molecule has 0 fully saturated rings. The van der Waals surface area contributed by atoms with E-state index in [2.05, 4.69) is 0 Å². The Morgan fingerprint density at radius 3 is 2.11 bits per heavy atom. The third-order valence-corrected chi connectivity index (χ3v) is 2.30. The van der Waals surface area contributed by atoms with E-state index in [1.807, 2.05) is 0 Å². The number of carboxylic acids is 1. The van der Waals surface area contributed by atoms with E-state index >= 15 is 0 Å². The zero-order valence-electron chi connectivity index (χ0n) is 8.82. The predicted octanol–water partition coefficient (Wildman–Crippen LogP) is 2.33. The molecular weight excluding hydrogens is 249 g/mol. The van der Waals surface area contributed by atoms with Crippen LogP contribution in [0.1, 0.15) is 16.1 Å². The quantitative estimate of drug-likeness (QED) is 0.827. The van der Waals surface area contributed by atoms with E-state index in [0.717, 1.165) is 12.1 Å². The maximum atomic E-state index is 12.3. The Bertz CT molecular complexity index is 567. The Morgan fingerprint density at radius 1 is 1.06 bits per heavy atom. The van der Waals surface area contributed by atoms with Gasteiger partial charge in [0.1, 0.15) is 17.5 Å². The summed E-state index contributed by atoms with van der Waals surface area (Å²) in [5, 5.41) is 10.5. The predicted molar refractivity (Wildman–Crippen MR) is 53.5 cm³/mol. The second kappa shape index (κ2) is 4.21. The van der Waals surface area contributed by atoms with E-state index in [4.69, 9.17) is 4.42 Å². The van der Waals surface area contributed by atoms with E-state index in [-0.39, 0.29) is 11.5 Å². The number of furan rings is 1. The molecule has 0 spiro atoms. The molecule has 0 amide bonds. The average Bonchev–Trinajstić information content (AvgIpc) is 2.77. The highest BCUT2D eigenvalue weighted by molar-refractivity contribution is 5.83. The highest BCUT2D eigenvalue weighted by Crippen LogP contribution is 2.31. The molecule has 0 bridgehead atoms. The maximum absolute atomic E-state index is 12.3. The van der Waals surface area contributed by atoms with E-state index in [0.29, 0.717) is 5.56 Å². The van der Waals surface area contributed by atoms with Crippen LogP contribution in [0.2, 0.25) is 0 Å². The monoisotopic (exact) mass is 255 g/mol. The minimum atomic E-state index is -4.40. The fraction of sp³-hybridized carbons (Fsp3) is 0.0833. The lowest BCUT2D eigenvalue weighted by atomic mass is 10.1. The Kier molecular flexibility index (Phi) is 2.86. The average molecular weight is 255 g/mol. The van der Waals surface area contributed by atoms with Crippen molar-refractivity contribution < 1.29 is 27.5 Å². The highest BCUT2D eigenvalue weighted by Gasteiger charge is 2.30. The number of carbonyl (C=O) groups is 1. The second-order valence-corrected chi connectivity index (χ2v) is 3.53. The molecule has 2 aromatic rings. The molecule has 0 aliphatic carbocycles. The first-order valence-corrected chi connectivity index (χ1v) is 4.87. The lowest BCUT2D eigenvalue weighted by Crippen LogP contribution is -2.21. The summed E-state index contributed by atoms with van der Waals surface area (Å²) >= 11 is 0. The Balaban J connectivity index is 2.31. The summed E-state index contributed by atoms with van der Waals surface area (Å²) in [7, 11) is 0. The van der Waals surface area contributed by atoms with E-state index in [1.54, 1.807) is 0 Å². The number of alkyl halides is 3. The smallest absolute Gasteiger partial charge is 0.416 e. The summed E-state index contributed by atoms with van der Waals surface area (Å²) in [5.41, 5.74) is -0.423. The lowest BCUT2D eigenvalue weighted by Gasteiger charge is -2.06. The molecule has 2 rings (SSSR count). The zero-order chi connectivity index (χ0) is 13.3. The van der Waals surface area contributed by atoms with Gasteiger partial charge in [-0.2, -0.15) is 13.2 Å². The van der Waals surface area contributed by atoms with Crippen molar-refractivity contribution in [1.29, 1.82) is 0 Å². The summed E-state index contributed by atoms with van der Waals surface area (Å²) < 4.78 is 41.9. The number of carbonyl (C=O) groups excluding carboxylic acids is 1. The van der Waals surface area contributed by atoms with Crippen molar-refractivity contribution >= 4 is 5.97 Å². The molecule has 1 heterocycles. The normalized spacial score (nSPS) is 11.5. The molecule has 0 saturated carbocycles. The van der Waals surface area contributed by atoms with Crippen LogP contribution in [0.15, 0.2) is 40.8 Å². The van der Waals surface area contributed by atoms with Crippen LogP contribution in [0.25, 0.3) is 11.3 Å². The van der Waals surface area contributed by atoms with Crippen molar-refractivity contribution in [2.45, 2.75) is 6.18 Å². The molecular formula is C12H6F3O3-. The first-order chi connectivity index (χ1) is 8.38. The first-order valence-electron chi connectivity index (χ1n) is 4.87. The molecule has 0 aliphatic rings. The summed E-state index contributed by atoms with van der Waals surface area (Å²) in [6.45, 7) is 0. The van der Waals surface area contributed by atoms with Crippen LogP contribution >= 0.6 is 0 Å². The van der Waals surface area contributed by atoms with Gasteiger partial charge < -0.3 is 14.3 Å². The van der Waals surface area contributed by atoms with E-state index in [1.165, 1.54) is 24.3 Å². The van der Waals surface area contributed by atoms with Gasteiger partial charge in [-0.1, -0.05) is 12.1 Å².